The van der Waals surface area contributed by atoms with Gasteiger partial charge in [0, 0.05) is 34.3 Å². The number of hydrogen-bond acceptors (Lipinski definition) is 4. The van der Waals surface area contributed by atoms with E-state index in [4.69, 9.17) is 0 Å². The summed E-state index contributed by atoms with van der Waals surface area (Å²) in [6.45, 7) is 2.03. The van der Waals surface area contributed by atoms with Gasteiger partial charge in [-0.2, -0.15) is 5.10 Å². The van der Waals surface area contributed by atoms with Gasteiger partial charge in [0.2, 0.25) is 5.91 Å². The second-order valence-corrected chi connectivity index (χ2v) is 8.09. The number of carbonyl (C=O) groups is 1. The summed E-state index contributed by atoms with van der Waals surface area (Å²) in [4.78, 5) is 17.5. The fourth-order valence-electron chi connectivity index (χ4n) is 3.00. The summed E-state index contributed by atoms with van der Waals surface area (Å²) in [7, 11) is 0. The van der Waals surface area contributed by atoms with Crippen LogP contribution in [0.4, 0.5) is 5.69 Å². The first-order chi connectivity index (χ1) is 14.7. The Balaban J connectivity index is 1.33. The van der Waals surface area contributed by atoms with E-state index in [0.29, 0.717) is 12.2 Å². The van der Waals surface area contributed by atoms with Crippen LogP contribution in [0.2, 0.25) is 0 Å². The molecule has 0 fully saturated rings. The number of anilines is 1. The standard InChI is InChI=1S/C24H22N4OS/c1-17-5-7-19(8-6-17)26-24(29)13-15-30-20-10-11-21-22(27-28-23(21)16-20)12-9-18-4-2-3-14-25-18/h2-12,14,16H,13,15H2,1H3,(H,26,29)(H,27,28). The molecule has 30 heavy (non-hydrogen) atoms. The van der Waals surface area contributed by atoms with Crippen molar-refractivity contribution in [3.63, 3.8) is 0 Å². The van der Waals surface area contributed by atoms with Crippen molar-refractivity contribution in [3.05, 3.63) is 83.8 Å². The summed E-state index contributed by atoms with van der Waals surface area (Å²) in [5.41, 5.74) is 4.76. The lowest BCUT2D eigenvalue weighted by Crippen LogP contribution is -2.12. The fraction of sp³-hybridized carbons (Fsp3) is 0.125. The van der Waals surface area contributed by atoms with Crippen LogP contribution >= 0.6 is 11.8 Å². The van der Waals surface area contributed by atoms with E-state index in [2.05, 4.69) is 38.7 Å². The van der Waals surface area contributed by atoms with Crippen LogP contribution in [0.3, 0.4) is 0 Å². The monoisotopic (exact) mass is 414 g/mol. The average Bonchev–Trinajstić information content (AvgIpc) is 3.17. The number of hydrogen-bond donors (Lipinski definition) is 2. The number of carbonyl (C=O) groups excluding carboxylic acids is 1. The number of benzene rings is 2. The quantitative estimate of drug-likeness (QED) is 0.389. The topological polar surface area (TPSA) is 70.7 Å². The Kier molecular flexibility index (Phi) is 6.25. The van der Waals surface area contributed by atoms with Crippen LogP contribution < -0.4 is 5.32 Å². The van der Waals surface area contributed by atoms with E-state index in [1.165, 1.54) is 5.56 Å². The van der Waals surface area contributed by atoms with Crippen LogP contribution in [0.5, 0.6) is 0 Å². The summed E-state index contributed by atoms with van der Waals surface area (Å²) in [6.07, 6.45) is 6.14. The number of nitrogens with one attached hydrogen (secondary N) is 2. The predicted octanol–water partition coefficient (Wildman–Crippen LogP) is 5.56. The highest BCUT2D eigenvalue weighted by atomic mass is 32.2. The summed E-state index contributed by atoms with van der Waals surface area (Å²) >= 11 is 1.66. The molecule has 0 atom stereocenters. The minimum atomic E-state index is 0.0240. The van der Waals surface area contributed by atoms with E-state index in [1.807, 2.05) is 61.5 Å². The molecule has 0 aliphatic heterocycles. The number of aromatic nitrogens is 3. The van der Waals surface area contributed by atoms with Crippen molar-refractivity contribution in [2.75, 3.05) is 11.1 Å². The SMILES string of the molecule is Cc1ccc(NC(=O)CCSc2ccc3c(C=Cc4ccccn4)n[nH]c3c2)cc1. The minimum absolute atomic E-state index is 0.0240. The van der Waals surface area contributed by atoms with Gasteiger partial charge in [0.15, 0.2) is 0 Å². The van der Waals surface area contributed by atoms with Gasteiger partial charge in [0.05, 0.1) is 16.9 Å². The molecule has 0 saturated heterocycles. The van der Waals surface area contributed by atoms with E-state index < -0.39 is 0 Å². The molecule has 0 aliphatic rings. The van der Waals surface area contributed by atoms with Gasteiger partial charge in [-0.25, -0.2) is 0 Å². The van der Waals surface area contributed by atoms with Crippen LogP contribution in [0.1, 0.15) is 23.4 Å². The van der Waals surface area contributed by atoms with Crippen molar-refractivity contribution < 1.29 is 4.79 Å². The molecular formula is C24H22N4OS. The molecule has 0 spiro atoms. The molecule has 2 heterocycles. The maximum absolute atomic E-state index is 12.1. The molecule has 1 amide bonds. The Labute approximate surface area is 179 Å². The first kappa shape index (κ1) is 19.9. The van der Waals surface area contributed by atoms with Crippen molar-refractivity contribution >= 4 is 46.4 Å². The number of rotatable bonds is 7. The van der Waals surface area contributed by atoms with Crippen molar-refractivity contribution in [1.82, 2.24) is 15.2 Å². The van der Waals surface area contributed by atoms with Crippen LogP contribution in [-0.4, -0.2) is 26.8 Å². The highest BCUT2D eigenvalue weighted by molar-refractivity contribution is 7.99. The summed E-state index contributed by atoms with van der Waals surface area (Å²) in [6, 6.07) is 19.8. The van der Waals surface area contributed by atoms with Crippen LogP contribution in [0.15, 0.2) is 71.8 Å². The molecule has 4 rings (SSSR count). The molecule has 0 aliphatic carbocycles. The van der Waals surface area contributed by atoms with Gasteiger partial charge >= 0.3 is 0 Å². The molecule has 2 aromatic heterocycles. The van der Waals surface area contributed by atoms with Gasteiger partial charge in [-0.05, 0) is 61.5 Å². The summed E-state index contributed by atoms with van der Waals surface area (Å²) in [5.74, 6) is 0.736. The van der Waals surface area contributed by atoms with E-state index in [9.17, 15) is 4.79 Å². The second-order valence-electron chi connectivity index (χ2n) is 6.92. The number of fused-ring (bicyclic) bond motifs is 1. The Bertz CT molecular complexity index is 1170. The third kappa shape index (κ3) is 5.15. The predicted molar refractivity (Wildman–Crippen MR) is 124 cm³/mol. The largest absolute Gasteiger partial charge is 0.326 e. The van der Waals surface area contributed by atoms with Crippen LogP contribution in [0.25, 0.3) is 23.1 Å². The maximum Gasteiger partial charge on any atom is 0.225 e. The zero-order valence-electron chi connectivity index (χ0n) is 16.6. The Morgan fingerprint density at radius 1 is 1.10 bits per heavy atom. The fourth-order valence-corrected chi connectivity index (χ4v) is 3.89. The summed E-state index contributed by atoms with van der Waals surface area (Å²) < 4.78 is 0. The number of aromatic amines is 1. The van der Waals surface area contributed by atoms with Gasteiger partial charge in [-0.3, -0.25) is 14.9 Å². The molecule has 5 nitrogen and oxygen atoms in total. The summed E-state index contributed by atoms with van der Waals surface area (Å²) in [5, 5.41) is 11.5. The van der Waals surface area contributed by atoms with Gasteiger partial charge in [0.25, 0.3) is 0 Å². The number of thioether (sulfide) groups is 1. The maximum atomic E-state index is 12.1. The van der Waals surface area contributed by atoms with Crippen molar-refractivity contribution in [1.29, 1.82) is 0 Å². The first-order valence-electron chi connectivity index (χ1n) is 9.74. The van der Waals surface area contributed by atoms with Crippen molar-refractivity contribution in [3.8, 4) is 0 Å². The molecule has 2 N–H and O–H groups in total. The van der Waals surface area contributed by atoms with Gasteiger partial charge < -0.3 is 5.32 Å². The van der Waals surface area contributed by atoms with E-state index in [-0.39, 0.29) is 5.91 Å². The normalized spacial score (nSPS) is 11.2. The molecule has 0 unspecified atom stereocenters. The van der Waals surface area contributed by atoms with Gasteiger partial charge in [0.1, 0.15) is 0 Å². The van der Waals surface area contributed by atoms with E-state index in [0.717, 1.165) is 32.9 Å². The smallest absolute Gasteiger partial charge is 0.225 e. The van der Waals surface area contributed by atoms with E-state index >= 15 is 0 Å². The third-order valence-electron chi connectivity index (χ3n) is 4.60. The number of H-pyrrole nitrogens is 1. The molecule has 2 aromatic carbocycles. The number of amides is 1. The van der Waals surface area contributed by atoms with Crippen LogP contribution in [-0.2, 0) is 4.79 Å². The number of pyridine rings is 1. The second kappa shape index (κ2) is 9.41. The lowest BCUT2D eigenvalue weighted by Gasteiger charge is -2.06. The highest BCUT2D eigenvalue weighted by Gasteiger charge is 2.06. The number of nitrogens with zero attached hydrogens (tertiary/aromatic N) is 2. The lowest BCUT2D eigenvalue weighted by molar-refractivity contribution is -0.115. The molecule has 4 aromatic rings. The van der Waals surface area contributed by atoms with Crippen molar-refractivity contribution in [2.45, 2.75) is 18.2 Å². The zero-order valence-corrected chi connectivity index (χ0v) is 17.4. The highest BCUT2D eigenvalue weighted by Crippen LogP contribution is 2.25. The van der Waals surface area contributed by atoms with Gasteiger partial charge in [-0.1, -0.05) is 23.8 Å². The van der Waals surface area contributed by atoms with E-state index in [1.54, 1.807) is 18.0 Å². The minimum Gasteiger partial charge on any atom is -0.326 e. The Morgan fingerprint density at radius 3 is 2.77 bits per heavy atom. The molecule has 0 saturated carbocycles. The molecule has 0 radical (unpaired) electrons. The lowest BCUT2D eigenvalue weighted by atomic mass is 10.2. The average molecular weight is 415 g/mol. The zero-order chi connectivity index (χ0) is 20.8. The number of aryl methyl sites for hydroxylation is 1. The Hall–Kier alpha value is -3.38. The molecule has 0 bridgehead atoms. The third-order valence-corrected chi connectivity index (χ3v) is 5.59. The van der Waals surface area contributed by atoms with Gasteiger partial charge in [-0.15, -0.1) is 11.8 Å². The molecular weight excluding hydrogens is 392 g/mol. The molecule has 150 valence electrons. The molecule has 6 heteroatoms. The first-order valence-corrected chi connectivity index (χ1v) is 10.7. The Morgan fingerprint density at radius 2 is 1.97 bits per heavy atom. The van der Waals surface area contributed by atoms with Crippen LogP contribution in [0, 0.1) is 6.92 Å². The van der Waals surface area contributed by atoms with Crippen molar-refractivity contribution in [2.24, 2.45) is 0 Å².